The van der Waals surface area contributed by atoms with E-state index in [-0.39, 0.29) is 11.4 Å². The molecule has 126 valence electrons. The first kappa shape index (κ1) is 18.8. The van der Waals surface area contributed by atoms with Crippen LogP contribution in [0.5, 0.6) is 0 Å². The Hall–Kier alpha value is -0.490. The monoisotopic (exact) mass is 444 g/mol. The zero-order valence-corrected chi connectivity index (χ0v) is 16.9. The van der Waals surface area contributed by atoms with Gasteiger partial charge in [-0.1, -0.05) is 58.1 Å². The van der Waals surface area contributed by atoms with E-state index in [0.29, 0.717) is 6.61 Å². The van der Waals surface area contributed by atoms with Crippen LogP contribution >= 0.6 is 34.4 Å². The van der Waals surface area contributed by atoms with Crippen LogP contribution < -0.4 is 0 Å². The molecule has 1 aliphatic carbocycles. The Bertz CT molecular complexity index is 553. The van der Waals surface area contributed by atoms with Crippen LogP contribution in [0, 0.1) is 12.3 Å². The van der Waals surface area contributed by atoms with Gasteiger partial charge < -0.3 is 4.74 Å². The highest BCUT2D eigenvalue weighted by molar-refractivity contribution is 14.1. The zero-order valence-electron chi connectivity index (χ0n) is 13.9. The van der Waals surface area contributed by atoms with E-state index in [1.807, 2.05) is 11.8 Å². The predicted octanol–water partition coefficient (Wildman–Crippen LogP) is 5.92. The molecule has 2 nitrogen and oxygen atoms in total. The molecule has 23 heavy (non-hydrogen) atoms. The summed E-state index contributed by atoms with van der Waals surface area (Å²) in [5.41, 5.74) is 1.54. The van der Waals surface area contributed by atoms with E-state index < -0.39 is 0 Å². The van der Waals surface area contributed by atoms with E-state index >= 15 is 0 Å². The van der Waals surface area contributed by atoms with E-state index in [4.69, 9.17) is 4.74 Å². The number of rotatable bonds is 7. The third kappa shape index (κ3) is 5.52. The van der Waals surface area contributed by atoms with Gasteiger partial charge in [-0.25, -0.2) is 0 Å². The number of carbonyl (C=O) groups excluding carboxylic acids is 1. The summed E-state index contributed by atoms with van der Waals surface area (Å²) in [6.45, 7) is 4.14. The van der Waals surface area contributed by atoms with Gasteiger partial charge in [0, 0.05) is 21.7 Å². The first-order chi connectivity index (χ1) is 11.1. The number of ether oxygens (including phenoxy) is 1. The lowest BCUT2D eigenvalue weighted by Crippen LogP contribution is -2.27. The van der Waals surface area contributed by atoms with E-state index in [1.165, 1.54) is 41.6 Å². The van der Waals surface area contributed by atoms with Gasteiger partial charge in [0.15, 0.2) is 0 Å². The number of thioether (sulfide) groups is 1. The van der Waals surface area contributed by atoms with Crippen LogP contribution in [0.3, 0.4) is 0 Å². The molecule has 1 aromatic rings. The summed E-state index contributed by atoms with van der Waals surface area (Å²) < 4.78 is 6.24. The van der Waals surface area contributed by atoms with Crippen molar-refractivity contribution in [2.75, 3.05) is 11.0 Å². The molecule has 0 aliphatic heterocycles. The lowest BCUT2D eigenvalue weighted by atomic mass is 9.77. The second kappa shape index (κ2) is 9.11. The summed E-state index contributed by atoms with van der Waals surface area (Å²) in [6.07, 6.45) is 8.13. The average Bonchev–Trinajstić information content (AvgIpc) is 2.55. The molecule has 1 aliphatic rings. The third-order valence-electron chi connectivity index (χ3n) is 4.32. The maximum absolute atomic E-state index is 10.9. The van der Waals surface area contributed by atoms with Gasteiger partial charge in [-0.05, 0) is 56.1 Å². The summed E-state index contributed by atoms with van der Waals surface area (Å²) >= 11 is 4.44. The first-order valence-electron chi connectivity index (χ1n) is 8.20. The van der Waals surface area contributed by atoms with Crippen LogP contribution in [0.1, 0.15) is 44.6 Å². The van der Waals surface area contributed by atoms with Crippen LogP contribution in [0.25, 0.3) is 0 Å². The molecular formula is C19H25IO2S. The molecule has 4 heteroatoms. The zero-order chi connectivity index (χ0) is 16.7. The van der Waals surface area contributed by atoms with Crippen molar-refractivity contribution in [3.8, 4) is 0 Å². The maximum atomic E-state index is 10.9. The lowest BCUT2D eigenvalue weighted by Gasteiger charge is -2.37. The Balaban J connectivity index is 2.05. The van der Waals surface area contributed by atoms with Gasteiger partial charge in [0.2, 0.25) is 0 Å². The van der Waals surface area contributed by atoms with Crippen LogP contribution in [0.4, 0.5) is 0 Å². The largest absolute Gasteiger partial charge is 0.466 e. The minimum absolute atomic E-state index is 0.179. The minimum Gasteiger partial charge on any atom is -0.466 e. The second-order valence-corrected chi connectivity index (χ2v) is 8.11. The van der Waals surface area contributed by atoms with Gasteiger partial charge in [-0.3, -0.25) is 4.79 Å². The molecule has 0 fully saturated rings. The minimum atomic E-state index is -0.179. The van der Waals surface area contributed by atoms with Gasteiger partial charge in [0.1, 0.15) is 0 Å². The fourth-order valence-electron chi connectivity index (χ4n) is 2.97. The molecule has 0 saturated carbocycles. The smallest absolute Gasteiger partial charge is 0.302 e. The number of aryl methyl sites for hydroxylation is 1. The fraction of sp³-hybridized carbons (Fsp3) is 0.526. The van der Waals surface area contributed by atoms with Gasteiger partial charge in [-0.15, -0.1) is 0 Å². The average molecular weight is 444 g/mol. The number of benzene rings is 1. The third-order valence-corrected chi connectivity index (χ3v) is 7.11. The highest BCUT2D eigenvalue weighted by Crippen LogP contribution is 2.50. The Labute approximate surface area is 157 Å². The molecule has 0 aromatic heterocycles. The number of allylic oxidation sites excluding steroid dienone is 2. The maximum Gasteiger partial charge on any atom is 0.302 e. The number of hydrogen-bond acceptors (Lipinski definition) is 3. The van der Waals surface area contributed by atoms with Crippen molar-refractivity contribution in [3.05, 3.63) is 40.8 Å². The standard InChI is InChI=1S/C19H25IO2S/c1-15-7-9-17(10-8-15)23-18-6-3-4-11-19(18,14-20)12-5-13-22-16(2)21/h6-10H,3-5,11-14H2,1-2H3/t19-/m0/s1. The Morgan fingerprint density at radius 1 is 1.35 bits per heavy atom. The quantitative estimate of drug-likeness (QED) is 0.226. The second-order valence-electron chi connectivity index (χ2n) is 6.23. The molecule has 0 bridgehead atoms. The molecule has 0 saturated heterocycles. The van der Waals surface area contributed by atoms with Crippen LogP contribution in [-0.2, 0) is 9.53 Å². The summed E-state index contributed by atoms with van der Waals surface area (Å²) in [4.78, 5) is 13.8. The molecule has 0 N–H and O–H groups in total. The number of carbonyl (C=O) groups is 1. The number of halogens is 1. The van der Waals surface area contributed by atoms with Crippen molar-refractivity contribution in [2.45, 2.75) is 50.8 Å². The van der Waals surface area contributed by atoms with Gasteiger partial charge in [0.05, 0.1) is 6.61 Å². The van der Waals surface area contributed by atoms with Crippen molar-refractivity contribution in [1.29, 1.82) is 0 Å². The topological polar surface area (TPSA) is 26.3 Å². The number of hydrogen-bond donors (Lipinski definition) is 0. The van der Waals surface area contributed by atoms with Crippen molar-refractivity contribution in [2.24, 2.45) is 5.41 Å². The summed E-state index contributed by atoms with van der Waals surface area (Å²) in [7, 11) is 0. The molecular weight excluding hydrogens is 419 g/mol. The normalized spacial score (nSPS) is 20.9. The van der Waals surface area contributed by atoms with E-state index in [2.05, 4.69) is 59.9 Å². The highest BCUT2D eigenvalue weighted by Gasteiger charge is 2.35. The summed E-state index contributed by atoms with van der Waals surface area (Å²) in [6, 6.07) is 8.79. The molecule has 2 rings (SSSR count). The van der Waals surface area contributed by atoms with Crippen LogP contribution in [0.2, 0.25) is 0 Å². The van der Waals surface area contributed by atoms with Crippen molar-refractivity contribution >= 4 is 40.3 Å². The molecule has 1 aromatic carbocycles. The molecule has 0 radical (unpaired) electrons. The molecule has 0 heterocycles. The molecule has 0 amide bonds. The van der Waals surface area contributed by atoms with Crippen LogP contribution in [-0.4, -0.2) is 17.0 Å². The van der Waals surface area contributed by atoms with E-state index in [1.54, 1.807) is 0 Å². The predicted molar refractivity (Wildman–Crippen MR) is 106 cm³/mol. The van der Waals surface area contributed by atoms with Crippen molar-refractivity contribution in [1.82, 2.24) is 0 Å². The Morgan fingerprint density at radius 3 is 2.74 bits per heavy atom. The van der Waals surface area contributed by atoms with Gasteiger partial charge in [0.25, 0.3) is 0 Å². The van der Waals surface area contributed by atoms with E-state index in [9.17, 15) is 4.79 Å². The number of esters is 1. The van der Waals surface area contributed by atoms with E-state index in [0.717, 1.165) is 17.3 Å². The lowest BCUT2D eigenvalue weighted by molar-refractivity contribution is -0.141. The highest BCUT2D eigenvalue weighted by atomic mass is 127. The first-order valence-corrected chi connectivity index (χ1v) is 10.5. The van der Waals surface area contributed by atoms with Crippen LogP contribution in [0.15, 0.2) is 40.1 Å². The fourth-order valence-corrected chi connectivity index (χ4v) is 5.62. The molecule has 1 atom stereocenters. The summed E-state index contributed by atoms with van der Waals surface area (Å²) in [5, 5.41) is 0. The number of alkyl halides is 1. The summed E-state index contributed by atoms with van der Waals surface area (Å²) in [5.74, 6) is -0.179. The Morgan fingerprint density at radius 2 is 2.09 bits per heavy atom. The Kier molecular flexibility index (Phi) is 7.47. The SMILES string of the molecule is CC(=O)OCCC[C@]1(CI)CCCC=C1Sc1ccc(C)cc1. The molecule has 0 spiro atoms. The van der Waals surface area contributed by atoms with Gasteiger partial charge in [-0.2, -0.15) is 0 Å². The molecule has 0 unspecified atom stereocenters. The van der Waals surface area contributed by atoms with Crippen molar-refractivity contribution in [3.63, 3.8) is 0 Å². The van der Waals surface area contributed by atoms with Crippen molar-refractivity contribution < 1.29 is 9.53 Å². The van der Waals surface area contributed by atoms with Gasteiger partial charge >= 0.3 is 5.97 Å².